The van der Waals surface area contributed by atoms with Crippen LogP contribution in [-0.4, -0.2) is 0 Å². The summed E-state index contributed by atoms with van der Waals surface area (Å²) in [5.74, 6) is 0. The summed E-state index contributed by atoms with van der Waals surface area (Å²) in [4.78, 5) is 0. The van der Waals surface area contributed by atoms with Crippen molar-refractivity contribution in [3.63, 3.8) is 0 Å². The van der Waals surface area contributed by atoms with E-state index in [2.05, 4.69) is 21.2 Å². The molecule has 106 valence electrons. The SMILES string of the molecule is Cc1cccc(NCc2cccc(C(F)(F)F)c2)c1Br. The first-order valence-corrected chi connectivity index (χ1v) is 6.82. The van der Waals surface area contributed by atoms with Gasteiger partial charge in [0.05, 0.1) is 5.56 Å². The van der Waals surface area contributed by atoms with E-state index in [9.17, 15) is 13.2 Å². The smallest absolute Gasteiger partial charge is 0.380 e. The minimum atomic E-state index is -4.31. The second kappa shape index (κ2) is 5.87. The van der Waals surface area contributed by atoms with Crippen molar-refractivity contribution in [2.75, 3.05) is 5.32 Å². The zero-order chi connectivity index (χ0) is 14.8. The molecule has 0 aliphatic heterocycles. The van der Waals surface area contributed by atoms with E-state index < -0.39 is 11.7 Å². The normalized spacial score (nSPS) is 11.4. The lowest BCUT2D eigenvalue weighted by Crippen LogP contribution is -2.07. The molecule has 2 aromatic rings. The van der Waals surface area contributed by atoms with Crippen molar-refractivity contribution in [3.05, 3.63) is 63.6 Å². The fourth-order valence-corrected chi connectivity index (χ4v) is 2.24. The van der Waals surface area contributed by atoms with Crippen LogP contribution in [0.4, 0.5) is 18.9 Å². The molecule has 2 rings (SSSR count). The second-order valence-electron chi connectivity index (χ2n) is 4.49. The highest BCUT2D eigenvalue weighted by atomic mass is 79.9. The lowest BCUT2D eigenvalue weighted by molar-refractivity contribution is -0.137. The molecule has 0 bridgehead atoms. The Hall–Kier alpha value is -1.49. The molecule has 0 amide bonds. The Balaban J connectivity index is 2.13. The Bertz CT molecular complexity index is 608. The van der Waals surface area contributed by atoms with Crippen molar-refractivity contribution in [1.29, 1.82) is 0 Å². The summed E-state index contributed by atoms with van der Waals surface area (Å²) < 4.78 is 38.8. The Morgan fingerprint density at radius 2 is 1.80 bits per heavy atom. The van der Waals surface area contributed by atoms with Crippen molar-refractivity contribution in [3.8, 4) is 0 Å². The van der Waals surface area contributed by atoms with Gasteiger partial charge in [-0.1, -0.05) is 24.3 Å². The van der Waals surface area contributed by atoms with E-state index in [1.165, 1.54) is 6.07 Å². The molecule has 0 saturated carbocycles. The van der Waals surface area contributed by atoms with Gasteiger partial charge < -0.3 is 5.32 Å². The van der Waals surface area contributed by atoms with Gasteiger partial charge in [0.2, 0.25) is 0 Å². The fraction of sp³-hybridized carbons (Fsp3) is 0.200. The minimum absolute atomic E-state index is 0.339. The first kappa shape index (κ1) is 14.9. The van der Waals surface area contributed by atoms with E-state index in [0.29, 0.717) is 12.1 Å². The maximum Gasteiger partial charge on any atom is 0.416 e. The molecule has 0 aromatic heterocycles. The molecule has 5 heteroatoms. The maximum absolute atomic E-state index is 12.6. The molecule has 0 fully saturated rings. The second-order valence-corrected chi connectivity index (χ2v) is 5.28. The van der Waals surface area contributed by atoms with Crippen molar-refractivity contribution in [2.24, 2.45) is 0 Å². The maximum atomic E-state index is 12.6. The van der Waals surface area contributed by atoms with Crippen LogP contribution in [-0.2, 0) is 12.7 Å². The van der Waals surface area contributed by atoms with Crippen LogP contribution in [0, 0.1) is 6.92 Å². The van der Waals surface area contributed by atoms with Gasteiger partial charge in [0, 0.05) is 16.7 Å². The molecule has 0 heterocycles. The van der Waals surface area contributed by atoms with E-state index in [0.717, 1.165) is 27.9 Å². The quantitative estimate of drug-likeness (QED) is 0.787. The van der Waals surface area contributed by atoms with Crippen LogP contribution in [0.3, 0.4) is 0 Å². The van der Waals surface area contributed by atoms with Gasteiger partial charge in [-0.25, -0.2) is 0 Å². The number of hydrogen-bond acceptors (Lipinski definition) is 1. The Morgan fingerprint density at radius 3 is 2.50 bits per heavy atom. The topological polar surface area (TPSA) is 12.0 Å². The lowest BCUT2D eigenvalue weighted by atomic mass is 10.1. The summed E-state index contributed by atoms with van der Waals surface area (Å²) in [6.45, 7) is 2.30. The number of alkyl halides is 3. The van der Waals surface area contributed by atoms with Gasteiger partial charge in [0.1, 0.15) is 0 Å². The van der Waals surface area contributed by atoms with Crippen molar-refractivity contribution < 1.29 is 13.2 Å². The molecule has 0 aliphatic carbocycles. The van der Waals surface area contributed by atoms with E-state index in [4.69, 9.17) is 0 Å². The van der Waals surface area contributed by atoms with Crippen LogP contribution >= 0.6 is 15.9 Å². The van der Waals surface area contributed by atoms with Crippen LogP contribution in [0.15, 0.2) is 46.9 Å². The van der Waals surface area contributed by atoms with Crippen LogP contribution in [0.1, 0.15) is 16.7 Å². The largest absolute Gasteiger partial charge is 0.416 e. The molecule has 0 radical (unpaired) electrons. The van der Waals surface area contributed by atoms with Crippen LogP contribution in [0.25, 0.3) is 0 Å². The molecule has 0 atom stereocenters. The molecule has 0 spiro atoms. The zero-order valence-electron chi connectivity index (χ0n) is 10.8. The number of hydrogen-bond donors (Lipinski definition) is 1. The van der Waals surface area contributed by atoms with Gasteiger partial charge in [-0.2, -0.15) is 13.2 Å². The van der Waals surface area contributed by atoms with Crippen molar-refractivity contribution in [1.82, 2.24) is 0 Å². The molecular formula is C15H13BrF3N. The zero-order valence-corrected chi connectivity index (χ0v) is 12.3. The monoisotopic (exact) mass is 343 g/mol. The Morgan fingerprint density at radius 1 is 1.10 bits per heavy atom. The highest BCUT2D eigenvalue weighted by Gasteiger charge is 2.30. The summed E-state index contributed by atoms with van der Waals surface area (Å²) >= 11 is 3.46. The molecule has 0 saturated heterocycles. The first-order chi connectivity index (χ1) is 9.38. The van der Waals surface area contributed by atoms with Crippen LogP contribution in [0.2, 0.25) is 0 Å². The first-order valence-electron chi connectivity index (χ1n) is 6.03. The number of aryl methyl sites for hydroxylation is 1. The molecule has 1 N–H and O–H groups in total. The summed E-state index contributed by atoms with van der Waals surface area (Å²) in [6.07, 6.45) is -4.31. The van der Waals surface area contributed by atoms with Crippen LogP contribution < -0.4 is 5.32 Å². The summed E-state index contributed by atoms with van der Waals surface area (Å²) in [6, 6.07) is 11.1. The Kier molecular flexibility index (Phi) is 4.38. The van der Waals surface area contributed by atoms with Gasteiger partial charge in [0.15, 0.2) is 0 Å². The predicted octanol–water partition coefficient (Wildman–Crippen LogP) is 5.39. The number of halogens is 4. The molecule has 20 heavy (non-hydrogen) atoms. The van der Waals surface area contributed by atoms with Crippen molar-refractivity contribution in [2.45, 2.75) is 19.6 Å². The average Bonchev–Trinajstić information content (AvgIpc) is 2.40. The summed E-state index contributed by atoms with van der Waals surface area (Å²) in [7, 11) is 0. The summed E-state index contributed by atoms with van der Waals surface area (Å²) in [5, 5.41) is 3.13. The van der Waals surface area contributed by atoms with E-state index in [-0.39, 0.29) is 0 Å². The minimum Gasteiger partial charge on any atom is -0.380 e. The Labute approximate surface area is 123 Å². The standard InChI is InChI=1S/C15H13BrF3N/c1-10-4-2-7-13(14(10)16)20-9-11-5-3-6-12(8-11)15(17,18)19/h2-8,20H,9H2,1H3. The van der Waals surface area contributed by atoms with E-state index in [1.807, 2.05) is 25.1 Å². The third kappa shape index (κ3) is 3.54. The van der Waals surface area contributed by atoms with E-state index >= 15 is 0 Å². The fourth-order valence-electron chi connectivity index (χ4n) is 1.84. The molecule has 0 unspecified atom stereocenters. The van der Waals surface area contributed by atoms with Gasteiger partial charge in [0.25, 0.3) is 0 Å². The molecule has 1 nitrogen and oxygen atoms in total. The number of benzene rings is 2. The van der Waals surface area contributed by atoms with Crippen molar-refractivity contribution >= 4 is 21.6 Å². The number of rotatable bonds is 3. The highest BCUT2D eigenvalue weighted by molar-refractivity contribution is 9.10. The van der Waals surface area contributed by atoms with Gasteiger partial charge >= 0.3 is 6.18 Å². The highest BCUT2D eigenvalue weighted by Crippen LogP contribution is 2.30. The van der Waals surface area contributed by atoms with Crippen LogP contribution in [0.5, 0.6) is 0 Å². The summed E-state index contributed by atoms with van der Waals surface area (Å²) in [5.41, 5.74) is 1.90. The third-order valence-electron chi connectivity index (χ3n) is 2.93. The predicted molar refractivity (Wildman–Crippen MR) is 77.6 cm³/mol. The van der Waals surface area contributed by atoms with Gasteiger partial charge in [-0.05, 0) is 52.2 Å². The van der Waals surface area contributed by atoms with Gasteiger partial charge in [-0.3, -0.25) is 0 Å². The average molecular weight is 344 g/mol. The van der Waals surface area contributed by atoms with Gasteiger partial charge in [-0.15, -0.1) is 0 Å². The molecule has 2 aromatic carbocycles. The third-order valence-corrected chi connectivity index (χ3v) is 3.98. The molecular weight excluding hydrogens is 331 g/mol. The molecule has 0 aliphatic rings. The lowest BCUT2D eigenvalue weighted by Gasteiger charge is -2.12. The number of anilines is 1. The number of nitrogens with one attached hydrogen (secondary N) is 1. The van der Waals surface area contributed by atoms with E-state index in [1.54, 1.807) is 6.07 Å².